The van der Waals surface area contributed by atoms with Crippen molar-refractivity contribution in [2.45, 2.75) is 19.5 Å². The van der Waals surface area contributed by atoms with E-state index in [0.29, 0.717) is 6.54 Å². The molecular formula is C15H15N4O. The second-order valence-corrected chi connectivity index (χ2v) is 4.89. The van der Waals surface area contributed by atoms with Crippen LogP contribution in [0, 0.1) is 6.20 Å². The molecule has 0 fully saturated rings. The maximum atomic E-state index is 11.1. The number of amides is 1. The number of carbonyl (C=O) groups is 1. The quantitative estimate of drug-likeness (QED) is 0.898. The number of hydrogen-bond acceptors (Lipinski definition) is 4. The van der Waals surface area contributed by atoms with Gasteiger partial charge < -0.3 is 5.73 Å². The molecule has 3 rings (SSSR count). The summed E-state index contributed by atoms with van der Waals surface area (Å²) in [6.07, 6.45) is 3.73. The summed E-state index contributed by atoms with van der Waals surface area (Å²) in [7, 11) is 0. The minimum Gasteiger partial charge on any atom is -0.363 e. The molecule has 2 N–H and O–H groups in total. The Kier molecular flexibility index (Phi) is 3.43. The molecule has 1 radical (unpaired) electrons. The highest BCUT2D eigenvalue weighted by atomic mass is 16.1. The van der Waals surface area contributed by atoms with Gasteiger partial charge in [-0.1, -0.05) is 30.3 Å². The molecule has 0 saturated carbocycles. The Morgan fingerprint density at radius 2 is 2.15 bits per heavy atom. The SMILES string of the molecule is NC(=O)c1n[c]c2c(n1)CN(Cc1ccccc1)CC2. The number of rotatable bonds is 3. The molecule has 5 nitrogen and oxygen atoms in total. The lowest BCUT2D eigenvalue weighted by atomic mass is 10.1. The van der Waals surface area contributed by atoms with Gasteiger partial charge in [0.25, 0.3) is 5.91 Å². The van der Waals surface area contributed by atoms with Gasteiger partial charge >= 0.3 is 0 Å². The van der Waals surface area contributed by atoms with Crippen LogP contribution in [-0.2, 0) is 19.5 Å². The molecule has 2 heterocycles. The largest absolute Gasteiger partial charge is 0.363 e. The molecule has 20 heavy (non-hydrogen) atoms. The van der Waals surface area contributed by atoms with Crippen LogP contribution in [0.4, 0.5) is 0 Å². The Labute approximate surface area is 117 Å². The number of fused-ring (bicyclic) bond motifs is 1. The van der Waals surface area contributed by atoms with E-state index >= 15 is 0 Å². The fraction of sp³-hybridized carbons (Fsp3) is 0.267. The molecule has 1 amide bonds. The van der Waals surface area contributed by atoms with E-state index < -0.39 is 5.91 Å². The molecule has 1 aromatic heterocycles. The Bertz CT molecular complexity index is 627. The molecule has 1 aliphatic rings. The lowest BCUT2D eigenvalue weighted by molar-refractivity contribution is 0.0989. The standard InChI is InChI=1S/C15H15N4O/c16-14(20)15-17-8-12-6-7-19(10-13(12)18-15)9-11-4-2-1-3-5-11/h1-5H,6-7,9-10H2,(H2,16,20). The molecule has 0 saturated heterocycles. The fourth-order valence-corrected chi connectivity index (χ4v) is 2.38. The van der Waals surface area contributed by atoms with E-state index in [-0.39, 0.29) is 5.82 Å². The first-order valence-corrected chi connectivity index (χ1v) is 6.56. The van der Waals surface area contributed by atoms with Gasteiger partial charge in [0, 0.05) is 25.2 Å². The third-order valence-electron chi connectivity index (χ3n) is 3.41. The number of nitrogens with zero attached hydrogens (tertiary/aromatic N) is 3. The highest BCUT2D eigenvalue weighted by molar-refractivity contribution is 5.88. The van der Waals surface area contributed by atoms with Crippen molar-refractivity contribution in [3.63, 3.8) is 0 Å². The van der Waals surface area contributed by atoms with Gasteiger partial charge in [-0.15, -0.1) is 0 Å². The van der Waals surface area contributed by atoms with Gasteiger partial charge in [0.1, 0.15) is 0 Å². The third kappa shape index (κ3) is 2.67. The van der Waals surface area contributed by atoms with Crippen LogP contribution in [-0.4, -0.2) is 27.3 Å². The first kappa shape index (κ1) is 12.7. The summed E-state index contributed by atoms with van der Waals surface area (Å²) in [6.45, 7) is 2.51. The summed E-state index contributed by atoms with van der Waals surface area (Å²) in [5.41, 5.74) is 8.32. The minimum absolute atomic E-state index is 0.0466. The normalized spacial score (nSPS) is 14.8. The molecular weight excluding hydrogens is 252 g/mol. The summed E-state index contributed by atoms with van der Waals surface area (Å²) in [5, 5.41) is 0. The molecule has 5 heteroatoms. The van der Waals surface area contributed by atoms with Crippen LogP contribution in [0.25, 0.3) is 0 Å². The van der Waals surface area contributed by atoms with E-state index in [1.54, 1.807) is 0 Å². The molecule has 0 atom stereocenters. The topological polar surface area (TPSA) is 72.1 Å². The second-order valence-electron chi connectivity index (χ2n) is 4.89. The number of aromatic nitrogens is 2. The van der Waals surface area contributed by atoms with Crippen LogP contribution in [0.15, 0.2) is 30.3 Å². The van der Waals surface area contributed by atoms with Crippen LogP contribution in [0.5, 0.6) is 0 Å². The smallest absolute Gasteiger partial charge is 0.286 e. The van der Waals surface area contributed by atoms with Crippen molar-refractivity contribution in [2.24, 2.45) is 5.73 Å². The van der Waals surface area contributed by atoms with Crippen LogP contribution < -0.4 is 5.73 Å². The Hall–Kier alpha value is -2.27. The molecule has 1 aromatic carbocycles. The van der Waals surface area contributed by atoms with Crippen molar-refractivity contribution in [1.29, 1.82) is 0 Å². The van der Waals surface area contributed by atoms with E-state index in [2.05, 4.69) is 33.2 Å². The summed E-state index contributed by atoms with van der Waals surface area (Å²) in [6, 6.07) is 10.3. The average molecular weight is 267 g/mol. The maximum Gasteiger partial charge on any atom is 0.286 e. The first-order chi connectivity index (χ1) is 9.72. The highest BCUT2D eigenvalue weighted by Crippen LogP contribution is 2.18. The monoisotopic (exact) mass is 267 g/mol. The molecule has 1 aliphatic heterocycles. The van der Waals surface area contributed by atoms with Gasteiger partial charge in [0.15, 0.2) is 0 Å². The van der Waals surface area contributed by atoms with Gasteiger partial charge in [0.2, 0.25) is 5.82 Å². The zero-order chi connectivity index (χ0) is 13.9. The summed E-state index contributed by atoms with van der Waals surface area (Å²) >= 11 is 0. The number of carbonyl (C=O) groups excluding carboxylic acids is 1. The molecule has 101 valence electrons. The van der Waals surface area contributed by atoms with E-state index in [1.165, 1.54) is 5.56 Å². The molecule has 0 bridgehead atoms. The van der Waals surface area contributed by atoms with E-state index in [0.717, 1.165) is 30.8 Å². The summed E-state index contributed by atoms with van der Waals surface area (Å²) < 4.78 is 0. The lowest BCUT2D eigenvalue weighted by Crippen LogP contribution is -2.32. The van der Waals surface area contributed by atoms with Gasteiger partial charge in [0.05, 0.1) is 11.9 Å². The van der Waals surface area contributed by atoms with Crippen molar-refractivity contribution in [3.8, 4) is 0 Å². The highest BCUT2D eigenvalue weighted by Gasteiger charge is 2.19. The zero-order valence-electron chi connectivity index (χ0n) is 11.0. The fourth-order valence-electron chi connectivity index (χ4n) is 2.38. The first-order valence-electron chi connectivity index (χ1n) is 6.56. The predicted octanol–water partition coefficient (Wildman–Crippen LogP) is 0.934. The summed E-state index contributed by atoms with van der Waals surface area (Å²) in [4.78, 5) is 21.5. The van der Waals surface area contributed by atoms with Crippen LogP contribution in [0.1, 0.15) is 27.4 Å². The Balaban J connectivity index is 1.77. The van der Waals surface area contributed by atoms with E-state index in [1.807, 2.05) is 18.2 Å². The molecule has 0 spiro atoms. The van der Waals surface area contributed by atoms with E-state index in [4.69, 9.17) is 5.73 Å². The van der Waals surface area contributed by atoms with Crippen LogP contribution in [0.2, 0.25) is 0 Å². The number of benzene rings is 1. The van der Waals surface area contributed by atoms with Crippen molar-refractivity contribution < 1.29 is 4.79 Å². The molecule has 0 aliphatic carbocycles. The van der Waals surface area contributed by atoms with Crippen molar-refractivity contribution in [2.75, 3.05) is 6.54 Å². The lowest BCUT2D eigenvalue weighted by Gasteiger charge is -2.27. The Morgan fingerprint density at radius 3 is 2.90 bits per heavy atom. The number of nitrogens with two attached hydrogens (primary N) is 1. The van der Waals surface area contributed by atoms with Crippen molar-refractivity contribution in [3.05, 3.63) is 59.2 Å². The third-order valence-corrected chi connectivity index (χ3v) is 3.41. The summed E-state index contributed by atoms with van der Waals surface area (Å²) in [5.74, 6) is -0.561. The van der Waals surface area contributed by atoms with Gasteiger partial charge in [-0.05, 0) is 12.0 Å². The van der Waals surface area contributed by atoms with Crippen LogP contribution >= 0.6 is 0 Å². The maximum absolute atomic E-state index is 11.1. The predicted molar refractivity (Wildman–Crippen MR) is 73.6 cm³/mol. The van der Waals surface area contributed by atoms with Gasteiger partial charge in [-0.2, -0.15) is 0 Å². The van der Waals surface area contributed by atoms with Gasteiger partial charge in [-0.25, -0.2) is 9.97 Å². The number of primary amides is 1. The van der Waals surface area contributed by atoms with E-state index in [9.17, 15) is 4.79 Å². The molecule has 2 aromatic rings. The zero-order valence-corrected chi connectivity index (χ0v) is 11.0. The van der Waals surface area contributed by atoms with Crippen LogP contribution in [0.3, 0.4) is 0 Å². The Morgan fingerprint density at radius 1 is 1.35 bits per heavy atom. The van der Waals surface area contributed by atoms with Crippen molar-refractivity contribution in [1.82, 2.24) is 14.9 Å². The van der Waals surface area contributed by atoms with Gasteiger partial charge in [-0.3, -0.25) is 9.69 Å². The minimum atomic E-state index is -0.607. The second kappa shape index (κ2) is 5.38. The van der Waals surface area contributed by atoms with Crippen molar-refractivity contribution >= 4 is 5.91 Å². The average Bonchev–Trinajstić information content (AvgIpc) is 2.47. The molecule has 0 unspecified atom stereocenters. The number of hydrogen-bond donors (Lipinski definition) is 1.